The highest BCUT2D eigenvalue weighted by molar-refractivity contribution is 6.31. The lowest BCUT2D eigenvalue weighted by Gasteiger charge is -2.29. The molecular weight excluding hydrogens is 356 g/mol. The highest BCUT2D eigenvalue weighted by Crippen LogP contribution is 2.35. The van der Waals surface area contributed by atoms with Crippen LogP contribution in [-0.2, 0) is 0 Å². The van der Waals surface area contributed by atoms with Crippen LogP contribution in [0.25, 0.3) is 10.9 Å². The van der Waals surface area contributed by atoms with Gasteiger partial charge in [-0.15, -0.1) is 0 Å². The lowest BCUT2D eigenvalue weighted by Crippen LogP contribution is -2.34. The monoisotopic (exact) mass is 372 g/mol. The summed E-state index contributed by atoms with van der Waals surface area (Å²) >= 11 is 6.08. The number of aromatic nitrogens is 1. The van der Waals surface area contributed by atoms with Gasteiger partial charge in [-0.2, -0.15) is 10.5 Å². The third-order valence-electron chi connectivity index (χ3n) is 5.15. The molecule has 2 unspecified atom stereocenters. The van der Waals surface area contributed by atoms with Crippen LogP contribution < -0.4 is 4.90 Å². The Morgan fingerprint density at radius 2 is 1.93 bits per heavy atom. The van der Waals surface area contributed by atoms with Gasteiger partial charge in [0, 0.05) is 17.0 Å². The molecule has 0 amide bonds. The van der Waals surface area contributed by atoms with Gasteiger partial charge in [-0.05, 0) is 42.7 Å². The van der Waals surface area contributed by atoms with E-state index in [2.05, 4.69) is 17.0 Å². The second kappa shape index (κ2) is 7.27. The van der Waals surface area contributed by atoms with Gasteiger partial charge in [-0.25, -0.2) is 4.98 Å². The van der Waals surface area contributed by atoms with E-state index in [4.69, 9.17) is 16.6 Å². The van der Waals surface area contributed by atoms with Crippen LogP contribution in [0.5, 0.6) is 0 Å². The third-order valence-corrected chi connectivity index (χ3v) is 5.39. The maximum absolute atomic E-state index is 9.84. The molecule has 0 radical (unpaired) electrons. The van der Waals surface area contributed by atoms with Crippen LogP contribution in [0.15, 0.2) is 54.6 Å². The number of hydrogen-bond donors (Lipinski definition) is 0. The Labute approximate surface area is 163 Å². The second-order valence-corrected chi connectivity index (χ2v) is 7.16. The number of anilines is 1. The fourth-order valence-corrected chi connectivity index (χ4v) is 4.06. The van der Waals surface area contributed by atoms with Crippen LogP contribution in [0.4, 0.5) is 5.82 Å². The molecule has 1 saturated heterocycles. The van der Waals surface area contributed by atoms with Crippen molar-refractivity contribution in [3.8, 4) is 12.1 Å². The molecule has 0 spiro atoms. The van der Waals surface area contributed by atoms with Gasteiger partial charge in [0.15, 0.2) is 0 Å². The summed E-state index contributed by atoms with van der Waals surface area (Å²) in [5.41, 5.74) is 2.31. The first-order valence-corrected chi connectivity index (χ1v) is 9.30. The van der Waals surface area contributed by atoms with E-state index >= 15 is 0 Å². The van der Waals surface area contributed by atoms with Crippen LogP contribution in [0, 0.1) is 22.7 Å². The number of halogens is 1. The maximum atomic E-state index is 9.84. The minimum Gasteiger partial charge on any atom is -0.352 e. The largest absolute Gasteiger partial charge is 0.352 e. The van der Waals surface area contributed by atoms with Crippen molar-refractivity contribution in [2.75, 3.05) is 11.4 Å². The number of fused-ring (bicyclic) bond motifs is 1. The number of rotatable bonds is 3. The Hall–Kier alpha value is -3.08. The average Bonchev–Trinajstić information content (AvgIpc) is 3.18. The Balaban J connectivity index is 1.77. The smallest absolute Gasteiger partial charge is 0.130 e. The van der Waals surface area contributed by atoms with Gasteiger partial charge in [0.25, 0.3) is 0 Å². The highest BCUT2D eigenvalue weighted by atomic mass is 35.5. The molecule has 0 saturated carbocycles. The normalized spacial score (nSPS) is 17.4. The fraction of sp³-hybridized carbons (Fsp3) is 0.227. The highest BCUT2D eigenvalue weighted by Gasteiger charge is 2.34. The first kappa shape index (κ1) is 17.3. The van der Waals surface area contributed by atoms with Crippen LogP contribution in [0.2, 0.25) is 5.02 Å². The van der Waals surface area contributed by atoms with Gasteiger partial charge in [-0.1, -0.05) is 41.9 Å². The van der Waals surface area contributed by atoms with Gasteiger partial charge in [0.2, 0.25) is 0 Å². The molecule has 0 aliphatic carbocycles. The Morgan fingerprint density at radius 3 is 2.67 bits per heavy atom. The van der Waals surface area contributed by atoms with E-state index in [-0.39, 0.29) is 12.0 Å². The predicted molar refractivity (Wildman–Crippen MR) is 107 cm³/mol. The summed E-state index contributed by atoms with van der Waals surface area (Å²) in [5.74, 6) is 0.516. The van der Waals surface area contributed by atoms with Crippen molar-refractivity contribution in [3.63, 3.8) is 0 Å². The first-order valence-electron chi connectivity index (χ1n) is 8.93. The number of pyridine rings is 1. The Morgan fingerprint density at radius 1 is 1.11 bits per heavy atom. The van der Waals surface area contributed by atoms with Crippen molar-refractivity contribution >= 4 is 28.3 Å². The zero-order valence-electron chi connectivity index (χ0n) is 14.6. The van der Waals surface area contributed by atoms with E-state index < -0.39 is 0 Å². The zero-order valence-corrected chi connectivity index (χ0v) is 15.4. The zero-order chi connectivity index (χ0) is 18.8. The standard InChI is InChI=1S/C22H17ClN4/c23-17-8-9-20-18(12-17)16(13-24)11-22(26-20)27-10-4-7-21(27)19(14-25)15-5-2-1-3-6-15/h1-3,5-6,8-9,11-12,19,21H,4,7,10H2. The molecule has 1 fully saturated rings. The van der Waals surface area contributed by atoms with Gasteiger partial charge < -0.3 is 4.90 Å². The number of nitriles is 2. The molecule has 27 heavy (non-hydrogen) atoms. The van der Waals surface area contributed by atoms with Gasteiger partial charge in [0.1, 0.15) is 5.82 Å². The summed E-state index contributed by atoms with van der Waals surface area (Å²) in [7, 11) is 0. The summed E-state index contributed by atoms with van der Waals surface area (Å²) in [5, 5.41) is 20.8. The van der Waals surface area contributed by atoms with Crippen molar-refractivity contribution in [2.24, 2.45) is 0 Å². The molecule has 2 atom stereocenters. The lowest BCUT2D eigenvalue weighted by atomic mass is 9.91. The van der Waals surface area contributed by atoms with Crippen molar-refractivity contribution in [1.82, 2.24) is 4.98 Å². The summed E-state index contributed by atoms with van der Waals surface area (Å²) in [6.07, 6.45) is 1.92. The fourth-order valence-electron chi connectivity index (χ4n) is 3.89. The summed E-state index contributed by atoms with van der Waals surface area (Å²) < 4.78 is 0. The summed E-state index contributed by atoms with van der Waals surface area (Å²) in [4.78, 5) is 6.95. The van der Waals surface area contributed by atoms with Crippen molar-refractivity contribution in [3.05, 3.63) is 70.7 Å². The van der Waals surface area contributed by atoms with E-state index in [1.165, 1.54) is 0 Å². The molecule has 3 aromatic rings. The summed E-state index contributed by atoms with van der Waals surface area (Å²) in [6, 6.07) is 21.9. The Kier molecular flexibility index (Phi) is 4.67. The minimum atomic E-state index is -0.234. The average molecular weight is 373 g/mol. The van der Waals surface area contributed by atoms with Gasteiger partial charge in [-0.3, -0.25) is 0 Å². The van der Waals surface area contributed by atoms with Crippen LogP contribution in [0.3, 0.4) is 0 Å². The molecule has 5 heteroatoms. The number of hydrogen-bond acceptors (Lipinski definition) is 4. The first-order chi connectivity index (χ1) is 13.2. The SMILES string of the molecule is N#Cc1cc(N2CCCC2C(C#N)c2ccccc2)nc2ccc(Cl)cc12. The molecule has 2 heterocycles. The molecule has 2 aromatic carbocycles. The topological polar surface area (TPSA) is 63.7 Å². The Bertz CT molecular complexity index is 1070. The van der Waals surface area contributed by atoms with E-state index in [0.29, 0.717) is 10.6 Å². The van der Waals surface area contributed by atoms with E-state index in [0.717, 1.165) is 41.7 Å². The molecule has 1 aliphatic heterocycles. The molecule has 1 aromatic heterocycles. The quantitative estimate of drug-likeness (QED) is 0.646. The molecule has 4 rings (SSSR count). The molecule has 0 N–H and O–H groups in total. The lowest BCUT2D eigenvalue weighted by molar-refractivity contribution is 0.608. The second-order valence-electron chi connectivity index (χ2n) is 6.72. The number of benzene rings is 2. The third kappa shape index (κ3) is 3.21. The van der Waals surface area contributed by atoms with Crippen LogP contribution >= 0.6 is 11.6 Å². The van der Waals surface area contributed by atoms with E-state index in [1.807, 2.05) is 42.5 Å². The van der Waals surface area contributed by atoms with Crippen molar-refractivity contribution in [2.45, 2.75) is 24.8 Å². The minimum absolute atomic E-state index is 0.0428. The molecule has 0 bridgehead atoms. The van der Waals surface area contributed by atoms with E-state index in [9.17, 15) is 10.5 Å². The van der Waals surface area contributed by atoms with Gasteiger partial charge in [0.05, 0.1) is 35.2 Å². The van der Waals surface area contributed by atoms with Crippen molar-refractivity contribution < 1.29 is 0 Å². The molecule has 132 valence electrons. The van der Waals surface area contributed by atoms with Crippen molar-refractivity contribution in [1.29, 1.82) is 10.5 Å². The maximum Gasteiger partial charge on any atom is 0.130 e. The molecular formula is C22H17ClN4. The van der Waals surface area contributed by atoms with Gasteiger partial charge >= 0.3 is 0 Å². The van der Waals surface area contributed by atoms with Crippen LogP contribution in [-0.4, -0.2) is 17.6 Å². The molecule has 1 aliphatic rings. The number of nitrogens with zero attached hydrogens (tertiary/aromatic N) is 4. The van der Waals surface area contributed by atoms with Crippen LogP contribution in [0.1, 0.15) is 29.9 Å². The summed E-state index contributed by atoms with van der Waals surface area (Å²) in [6.45, 7) is 0.826. The van der Waals surface area contributed by atoms with E-state index in [1.54, 1.807) is 12.1 Å². The predicted octanol–water partition coefficient (Wildman–Crippen LogP) is 5.04. The molecule has 4 nitrogen and oxygen atoms in total.